The highest BCUT2D eigenvalue weighted by molar-refractivity contribution is 7.20. The first-order chi connectivity index (χ1) is 12.5. The Morgan fingerprint density at radius 1 is 1.42 bits per heavy atom. The second kappa shape index (κ2) is 7.78. The van der Waals surface area contributed by atoms with Crippen LogP contribution in [0.25, 0.3) is 10.2 Å². The molecule has 0 aliphatic carbocycles. The van der Waals surface area contributed by atoms with Gasteiger partial charge in [0, 0.05) is 19.4 Å². The van der Waals surface area contributed by atoms with Crippen molar-refractivity contribution >= 4 is 27.5 Å². The Balaban J connectivity index is 1.93. The Morgan fingerprint density at radius 3 is 2.92 bits per heavy atom. The molecule has 6 nitrogen and oxygen atoms in total. The van der Waals surface area contributed by atoms with Crippen LogP contribution in [0.3, 0.4) is 0 Å². The van der Waals surface area contributed by atoms with Crippen LogP contribution in [-0.2, 0) is 7.05 Å². The van der Waals surface area contributed by atoms with Gasteiger partial charge in [-0.05, 0) is 30.5 Å². The Bertz CT molecular complexity index is 978. The number of aryl methyl sites for hydroxylation is 2. The van der Waals surface area contributed by atoms with Gasteiger partial charge in [0.1, 0.15) is 4.83 Å². The molecule has 3 heterocycles. The molecule has 1 unspecified atom stereocenters. The van der Waals surface area contributed by atoms with E-state index in [1.165, 1.54) is 22.2 Å². The number of carbonyl (C=O) groups excluding carboxylic acids is 1. The number of aromatic nitrogens is 3. The van der Waals surface area contributed by atoms with Crippen LogP contribution >= 0.6 is 11.3 Å². The van der Waals surface area contributed by atoms with Gasteiger partial charge < -0.3 is 9.88 Å². The summed E-state index contributed by atoms with van der Waals surface area (Å²) in [4.78, 5) is 34.9. The summed E-state index contributed by atoms with van der Waals surface area (Å²) in [7, 11) is 1.66. The molecule has 26 heavy (non-hydrogen) atoms. The molecule has 3 rings (SSSR count). The molecule has 0 aliphatic rings. The second-order valence-corrected chi connectivity index (χ2v) is 7.35. The number of amides is 1. The van der Waals surface area contributed by atoms with Crippen LogP contribution in [0, 0.1) is 6.92 Å². The van der Waals surface area contributed by atoms with Crippen molar-refractivity contribution in [3.63, 3.8) is 0 Å². The molecule has 0 fully saturated rings. The topological polar surface area (TPSA) is 76.9 Å². The van der Waals surface area contributed by atoms with E-state index in [-0.39, 0.29) is 17.5 Å². The molecule has 136 valence electrons. The first-order valence-corrected chi connectivity index (χ1v) is 9.50. The Kier molecular flexibility index (Phi) is 5.46. The van der Waals surface area contributed by atoms with Crippen molar-refractivity contribution < 1.29 is 4.79 Å². The van der Waals surface area contributed by atoms with Crippen LogP contribution in [0.1, 0.15) is 53.0 Å². The van der Waals surface area contributed by atoms with E-state index in [0.717, 1.165) is 24.8 Å². The highest BCUT2D eigenvalue weighted by Gasteiger charge is 2.22. The number of nitrogens with zero attached hydrogens (tertiary/aromatic N) is 3. The van der Waals surface area contributed by atoms with Gasteiger partial charge in [-0.3, -0.25) is 14.6 Å². The van der Waals surface area contributed by atoms with Crippen molar-refractivity contribution in [1.29, 1.82) is 0 Å². The van der Waals surface area contributed by atoms with Crippen molar-refractivity contribution in [2.24, 2.45) is 7.05 Å². The first-order valence-electron chi connectivity index (χ1n) is 8.68. The lowest BCUT2D eigenvalue weighted by Gasteiger charge is -2.18. The normalized spacial score (nSPS) is 12.3. The molecule has 7 heteroatoms. The first kappa shape index (κ1) is 18.3. The van der Waals surface area contributed by atoms with Crippen LogP contribution in [0.15, 0.2) is 35.6 Å². The Hall–Kier alpha value is -2.54. The van der Waals surface area contributed by atoms with Gasteiger partial charge >= 0.3 is 0 Å². The minimum atomic E-state index is -0.169. The lowest BCUT2D eigenvalue weighted by Crippen LogP contribution is -2.28. The van der Waals surface area contributed by atoms with Gasteiger partial charge in [0.05, 0.1) is 22.6 Å². The number of hydrogen-bond acceptors (Lipinski definition) is 5. The van der Waals surface area contributed by atoms with E-state index in [1.54, 1.807) is 19.4 Å². The highest BCUT2D eigenvalue weighted by atomic mass is 32.1. The number of hydrogen-bond donors (Lipinski definition) is 1. The van der Waals surface area contributed by atoms with Gasteiger partial charge in [0.2, 0.25) is 0 Å². The van der Waals surface area contributed by atoms with E-state index in [4.69, 9.17) is 0 Å². The maximum absolute atomic E-state index is 12.9. The minimum Gasteiger partial charge on any atom is -0.344 e. The fourth-order valence-electron chi connectivity index (χ4n) is 2.96. The average Bonchev–Trinajstić information content (AvgIpc) is 2.99. The van der Waals surface area contributed by atoms with Crippen LogP contribution < -0.4 is 10.9 Å². The van der Waals surface area contributed by atoms with Gasteiger partial charge in [0.15, 0.2) is 0 Å². The number of fused-ring (bicyclic) bond motifs is 1. The summed E-state index contributed by atoms with van der Waals surface area (Å²) in [5.41, 5.74) is 1.55. The number of unbranched alkanes of at least 4 members (excludes halogenated alkanes) is 1. The largest absolute Gasteiger partial charge is 0.344 e. The van der Waals surface area contributed by atoms with E-state index in [9.17, 15) is 9.59 Å². The standard InChI is InChI=1S/C19H22N4O2S/c1-4-5-8-14(13-7-6-9-20-10-13)22-17(24)16-12(2)15-18(26-16)21-11-23(3)19(15)25/h6-7,9-11,14H,4-5,8H2,1-3H3,(H,22,24). The van der Waals surface area contributed by atoms with E-state index >= 15 is 0 Å². The maximum Gasteiger partial charge on any atom is 0.262 e. The molecule has 0 aromatic carbocycles. The summed E-state index contributed by atoms with van der Waals surface area (Å²) in [6, 6.07) is 3.75. The molecule has 0 saturated heterocycles. The third-order valence-electron chi connectivity index (χ3n) is 4.46. The van der Waals surface area contributed by atoms with E-state index in [1.807, 2.05) is 19.1 Å². The van der Waals surface area contributed by atoms with E-state index in [2.05, 4.69) is 22.2 Å². The molecule has 1 atom stereocenters. The summed E-state index contributed by atoms with van der Waals surface area (Å²) in [6.07, 6.45) is 7.90. The average molecular weight is 370 g/mol. The molecular formula is C19H22N4O2S. The van der Waals surface area contributed by atoms with Crippen molar-refractivity contribution in [3.05, 3.63) is 57.2 Å². The predicted octanol–water partition coefficient (Wildman–Crippen LogP) is 3.36. The summed E-state index contributed by atoms with van der Waals surface area (Å²) in [5.74, 6) is -0.169. The molecule has 0 spiro atoms. The molecule has 0 aliphatic heterocycles. The quantitative estimate of drug-likeness (QED) is 0.722. The van der Waals surface area contributed by atoms with Crippen LogP contribution in [0.2, 0.25) is 0 Å². The predicted molar refractivity (Wildman–Crippen MR) is 104 cm³/mol. The summed E-state index contributed by atoms with van der Waals surface area (Å²) >= 11 is 1.26. The zero-order chi connectivity index (χ0) is 18.7. The van der Waals surface area contributed by atoms with Crippen molar-refractivity contribution in [2.75, 3.05) is 0 Å². The monoisotopic (exact) mass is 370 g/mol. The molecule has 0 radical (unpaired) electrons. The summed E-state index contributed by atoms with van der Waals surface area (Å²) in [5, 5.41) is 3.64. The minimum absolute atomic E-state index is 0.100. The van der Waals surface area contributed by atoms with Crippen LogP contribution in [0.4, 0.5) is 0 Å². The third kappa shape index (κ3) is 3.53. The molecule has 0 saturated carbocycles. The number of pyridine rings is 1. The molecule has 1 N–H and O–H groups in total. The number of carbonyl (C=O) groups is 1. The number of thiophene rings is 1. The second-order valence-electron chi connectivity index (χ2n) is 6.35. The molecule has 3 aromatic rings. The number of rotatable bonds is 6. The molecule has 0 bridgehead atoms. The van der Waals surface area contributed by atoms with E-state index in [0.29, 0.717) is 20.7 Å². The van der Waals surface area contributed by atoms with Crippen molar-refractivity contribution in [3.8, 4) is 0 Å². The summed E-state index contributed by atoms with van der Waals surface area (Å²) in [6.45, 7) is 3.93. The van der Waals surface area contributed by atoms with Crippen LogP contribution in [-0.4, -0.2) is 20.4 Å². The lowest BCUT2D eigenvalue weighted by atomic mass is 10.0. The fourth-order valence-corrected chi connectivity index (χ4v) is 4.00. The SMILES string of the molecule is CCCCC(NC(=O)c1sc2ncn(C)c(=O)c2c1C)c1cccnc1. The molecule has 1 amide bonds. The highest BCUT2D eigenvalue weighted by Crippen LogP contribution is 2.28. The molecular weight excluding hydrogens is 348 g/mol. The van der Waals surface area contributed by atoms with Gasteiger partial charge in [-0.2, -0.15) is 0 Å². The van der Waals surface area contributed by atoms with Crippen molar-refractivity contribution in [2.45, 2.75) is 39.2 Å². The fraction of sp³-hybridized carbons (Fsp3) is 0.368. The lowest BCUT2D eigenvalue weighted by molar-refractivity contribution is 0.0937. The van der Waals surface area contributed by atoms with E-state index < -0.39 is 0 Å². The van der Waals surface area contributed by atoms with Crippen LogP contribution in [0.5, 0.6) is 0 Å². The summed E-state index contributed by atoms with van der Waals surface area (Å²) < 4.78 is 1.43. The maximum atomic E-state index is 12.9. The van der Waals surface area contributed by atoms with Gasteiger partial charge in [0.25, 0.3) is 11.5 Å². The Morgan fingerprint density at radius 2 is 2.23 bits per heavy atom. The zero-order valence-corrected chi connectivity index (χ0v) is 16.0. The Labute approximate surface area is 155 Å². The molecule has 3 aromatic heterocycles. The third-order valence-corrected chi connectivity index (χ3v) is 5.65. The van der Waals surface area contributed by atoms with Gasteiger partial charge in [-0.1, -0.05) is 25.8 Å². The van der Waals surface area contributed by atoms with Gasteiger partial charge in [-0.15, -0.1) is 11.3 Å². The van der Waals surface area contributed by atoms with Gasteiger partial charge in [-0.25, -0.2) is 4.98 Å². The smallest absolute Gasteiger partial charge is 0.262 e. The zero-order valence-electron chi connectivity index (χ0n) is 15.2. The number of nitrogens with one attached hydrogen (secondary N) is 1. The van der Waals surface area contributed by atoms with Crippen molar-refractivity contribution in [1.82, 2.24) is 19.9 Å².